The molecule has 0 radical (unpaired) electrons. The van der Waals surface area contributed by atoms with Crippen molar-refractivity contribution in [2.75, 3.05) is 0 Å². The molecule has 2 atom stereocenters. The topological polar surface area (TPSA) is 20.2 Å². The Balaban J connectivity index is 3.59. The molecular formula is C9H18O. The highest BCUT2D eigenvalue weighted by Crippen LogP contribution is 2.09. The Labute approximate surface area is 63.8 Å². The molecule has 0 amide bonds. The van der Waals surface area contributed by atoms with Gasteiger partial charge in [-0.3, -0.25) is 0 Å². The van der Waals surface area contributed by atoms with Gasteiger partial charge in [0.1, 0.15) is 0 Å². The number of rotatable bonds is 3. The second kappa shape index (κ2) is 4.51. The van der Waals surface area contributed by atoms with Crippen LogP contribution in [0.1, 0.15) is 34.1 Å². The second-order valence-corrected chi connectivity index (χ2v) is 3.24. The summed E-state index contributed by atoms with van der Waals surface area (Å²) in [6, 6.07) is 0. The summed E-state index contributed by atoms with van der Waals surface area (Å²) < 4.78 is 0. The van der Waals surface area contributed by atoms with Gasteiger partial charge in [0.2, 0.25) is 0 Å². The smallest absolute Gasteiger partial charge is 0.0540 e. The van der Waals surface area contributed by atoms with Crippen LogP contribution in [-0.2, 0) is 0 Å². The molecule has 0 aliphatic carbocycles. The van der Waals surface area contributed by atoms with Gasteiger partial charge in [-0.15, -0.1) is 0 Å². The molecule has 0 saturated carbocycles. The molecule has 0 aliphatic heterocycles. The highest BCUT2D eigenvalue weighted by molar-refractivity contribution is 4.93. The van der Waals surface area contributed by atoms with E-state index in [1.54, 1.807) is 0 Å². The zero-order valence-electron chi connectivity index (χ0n) is 7.39. The van der Waals surface area contributed by atoms with E-state index in [0.29, 0.717) is 5.92 Å². The lowest BCUT2D eigenvalue weighted by atomic mass is 10.0. The number of aliphatic hydroxyl groups is 1. The average molecular weight is 142 g/mol. The maximum absolute atomic E-state index is 9.10. The Morgan fingerprint density at radius 1 is 1.40 bits per heavy atom. The summed E-state index contributed by atoms with van der Waals surface area (Å²) >= 11 is 0. The van der Waals surface area contributed by atoms with Crippen LogP contribution >= 0.6 is 0 Å². The monoisotopic (exact) mass is 142 g/mol. The van der Waals surface area contributed by atoms with E-state index < -0.39 is 0 Å². The molecule has 0 aliphatic rings. The fraction of sp³-hybridized carbons (Fsp3) is 0.778. The van der Waals surface area contributed by atoms with Crippen molar-refractivity contribution in [2.24, 2.45) is 5.92 Å². The third kappa shape index (κ3) is 4.57. The number of hydrogen-bond acceptors (Lipinski definition) is 1. The van der Waals surface area contributed by atoms with Crippen molar-refractivity contribution in [2.45, 2.75) is 40.2 Å². The quantitative estimate of drug-likeness (QED) is 0.600. The van der Waals surface area contributed by atoms with Crippen LogP contribution in [0.4, 0.5) is 0 Å². The van der Waals surface area contributed by atoms with Crippen LogP contribution < -0.4 is 0 Å². The molecule has 0 fully saturated rings. The normalized spacial score (nSPS) is 16.1. The summed E-state index contributed by atoms with van der Waals surface area (Å²) in [6.07, 6.45) is 2.97. The van der Waals surface area contributed by atoms with Gasteiger partial charge in [0.05, 0.1) is 6.10 Å². The van der Waals surface area contributed by atoms with Crippen LogP contribution in [0.5, 0.6) is 0 Å². The van der Waals surface area contributed by atoms with Crippen molar-refractivity contribution in [3.8, 4) is 0 Å². The Morgan fingerprint density at radius 3 is 2.20 bits per heavy atom. The summed E-state index contributed by atoms with van der Waals surface area (Å²) in [4.78, 5) is 0. The van der Waals surface area contributed by atoms with Gasteiger partial charge in [0.15, 0.2) is 0 Å². The Hall–Kier alpha value is -0.300. The van der Waals surface area contributed by atoms with Crippen molar-refractivity contribution >= 4 is 0 Å². The molecule has 0 aromatic rings. The molecule has 0 aromatic heterocycles. The first-order valence-electron chi connectivity index (χ1n) is 3.85. The van der Waals surface area contributed by atoms with Gasteiger partial charge in [-0.25, -0.2) is 0 Å². The molecule has 0 aromatic carbocycles. The van der Waals surface area contributed by atoms with Gasteiger partial charge in [0, 0.05) is 0 Å². The molecule has 0 rings (SSSR count). The predicted octanol–water partition coefficient (Wildman–Crippen LogP) is 2.36. The van der Waals surface area contributed by atoms with Crippen LogP contribution in [0.3, 0.4) is 0 Å². The van der Waals surface area contributed by atoms with Crippen molar-refractivity contribution in [3.05, 3.63) is 11.6 Å². The van der Waals surface area contributed by atoms with Crippen LogP contribution in [0, 0.1) is 5.92 Å². The summed E-state index contributed by atoms with van der Waals surface area (Å²) in [7, 11) is 0. The first-order valence-corrected chi connectivity index (χ1v) is 3.85. The summed E-state index contributed by atoms with van der Waals surface area (Å²) in [5.74, 6) is 0.384. The minimum absolute atomic E-state index is 0.185. The van der Waals surface area contributed by atoms with E-state index in [0.717, 1.165) is 6.42 Å². The molecule has 10 heavy (non-hydrogen) atoms. The van der Waals surface area contributed by atoms with Gasteiger partial charge in [-0.2, -0.15) is 0 Å². The Bertz CT molecular complexity index is 110. The van der Waals surface area contributed by atoms with Crippen molar-refractivity contribution < 1.29 is 5.11 Å². The van der Waals surface area contributed by atoms with Crippen molar-refractivity contribution in [3.63, 3.8) is 0 Å². The number of aliphatic hydroxyl groups excluding tert-OH is 1. The lowest BCUT2D eigenvalue weighted by molar-refractivity contribution is 0.136. The van der Waals surface area contributed by atoms with Gasteiger partial charge in [-0.1, -0.05) is 18.6 Å². The lowest BCUT2D eigenvalue weighted by Gasteiger charge is -2.11. The van der Waals surface area contributed by atoms with Gasteiger partial charge >= 0.3 is 0 Å². The maximum Gasteiger partial charge on any atom is 0.0540 e. The Kier molecular flexibility index (Phi) is 4.37. The molecule has 0 spiro atoms. The summed E-state index contributed by atoms with van der Waals surface area (Å²) in [5.41, 5.74) is 1.33. The number of hydrogen-bond donors (Lipinski definition) is 1. The molecule has 0 bridgehead atoms. The summed E-state index contributed by atoms with van der Waals surface area (Å²) in [6.45, 7) is 8.05. The van der Waals surface area contributed by atoms with Gasteiger partial charge in [-0.05, 0) is 33.1 Å². The van der Waals surface area contributed by atoms with Crippen molar-refractivity contribution in [1.82, 2.24) is 0 Å². The standard InChI is InChI=1S/C9H18O/c1-7(2)5-6-8(3)9(4)10/h5,8-10H,6H2,1-4H3/t8-,9?/m1/s1. The Morgan fingerprint density at radius 2 is 1.90 bits per heavy atom. The minimum Gasteiger partial charge on any atom is -0.393 e. The van der Waals surface area contributed by atoms with Crippen molar-refractivity contribution in [1.29, 1.82) is 0 Å². The third-order valence-electron chi connectivity index (χ3n) is 1.72. The molecule has 1 N–H and O–H groups in total. The zero-order chi connectivity index (χ0) is 8.15. The second-order valence-electron chi connectivity index (χ2n) is 3.24. The van der Waals surface area contributed by atoms with Crippen LogP contribution in [0.25, 0.3) is 0 Å². The highest BCUT2D eigenvalue weighted by atomic mass is 16.3. The lowest BCUT2D eigenvalue weighted by Crippen LogP contribution is -2.11. The molecule has 60 valence electrons. The van der Waals surface area contributed by atoms with E-state index in [-0.39, 0.29) is 6.10 Å². The molecule has 1 heteroatoms. The highest BCUT2D eigenvalue weighted by Gasteiger charge is 2.05. The van der Waals surface area contributed by atoms with Gasteiger partial charge in [0.25, 0.3) is 0 Å². The molecule has 0 heterocycles. The van der Waals surface area contributed by atoms with E-state index in [4.69, 9.17) is 5.11 Å². The van der Waals surface area contributed by atoms with Gasteiger partial charge < -0.3 is 5.11 Å². The maximum atomic E-state index is 9.10. The molecular weight excluding hydrogens is 124 g/mol. The van der Waals surface area contributed by atoms with E-state index in [1.807, 2.05) is 6.92 Å². The fourth-order valence-electron chi connectivity index (χ4n) is 0.619. The van der Waals surface area contributed by atoms with E-state index >= 15 is 0 Å². The fourth-order valence-corrected chi connectivity index (χ4v) is 0.619. The zero-order valence-corrected chi connectivity index (χ0v) is 7.39. The molecule has 1 nitrogen and oxygen atoms in total. The SMILES string of the molecule is CC(C)=CC[C@@H](C)C(C)O. The average Bonchev–Trinajstić information content (AvgIpc) is 1.82. The predicted molar refractivity (Wildman–Crippen MR) is 44.9 cm³/mol. The molecule has 0 saturated heterocycles. The summed E-state index contributed by atoms with van der Waals surface area (Å²) in [5, 5.41) is 9.10. The van der Waals surface area contributed by atoms with Crippen LogP contribution in [-0.4, -0.2) is 11.2 Å². The molecule has 1 unspecified atom stereocenters. The van der Waals surface area contributed by atoms with E-state index in [2.05, 4.69) is 26.8 Å². The van der Waals surface area contributed by atoms with Crippen LogP contribution in [0.2, 0.25) is 0 Å². The largest absolute Gasteiger partial charge is 0.393 e. The first kappa shape index (κ1) is 9.70. The van der Waals surface area contributed by atoms with Crippen LogP contribution in [0.15, 0.2) is 11.6 Å². The third-order valence-corrected chi connectivity index (χ3v) is 1.72. The van der Waals surface area contributed by atoms with E-state index in [9.17, 15) is 0 Å². The van der Waals surface area contributed by atoms with E-state index in [1.165, 1.54) is 5.57 Å². The number of allylic oxidation sites excluding steroid dienone is 2. The first-order chi connectivity index (χ1) is 4.54. The minimum atomic E-state index is -0.185.